The molecule has 16 heavy (non-hydrogen) atoms. The van der Waals surface area contributed by atoms with E-state index in [2.05, 4.69) is 0 Å². The highest BCUT2D eigenvalue weighted by Gasteiger charge is 2.35. The third kappa shape index (κ3) is 3.59. The van der Waals surface area contributed by atoms with Crippen molar-refractivity contribution in [3.63, 3.8) is 0 Å². The number of aliphatic hydroxyl groups excluding tert-OH is 8. The molecule has 0 aromatic carbocycles. The van der Waals surface area contributed by atoms with Crippen LogP contribution in [0.5, 0.6) is 0 Å². The number of hydrogen-bond acceptors (Lipinski definition) is 8. The molecule has 8 heteroatoms. The van der Waals surface area contributed by atoms with Gasteiger partial charge < -0.3 is 40.9 Å². The lowest BCUT2D eigenvalue weighted by atomic mass is 9.99. The molecule has 0 heterocycles. The Bertz CT molecular complexity index is 230. The van der Waals surface area contributed by atoms with Crippen LogP contribution in [0, 0.1) is 0 Å². The van der Waals surface area contributed by atoms with Crippen molar-refractivity contribution in [2.75, 3.05) is 6.61 Å². The number of aliphatic hydroxyl groups is 8. The van der Waals surface area contributed by atoms with Gasteiger partial charge in [-0.15, -0.1) is 0 Å². The van der Waals surface area contributed by atoms with Crippen LogP contribution < -0.4 is 0 Å². The quantitative estimate of drug-likeness (QED) is 0.224. The molecule has 0 aromatic rings. The fourth-order valence-corrected chi connectivity index (χ4v) is 0.976. The average molecular weight is 240 g/mol. The van der Waals surface area contributed by atoms with Crippen molar-refractivity contribution >= 4 is 0 Å². The van der Waals surface area contributed by atoms with Gasteiger partial charge in [0.25, 0.3) is 0 Å². The van der Waals surface area contributed by atoms with Crippen molar-refractivity contribution in [3.8, 4) is 0 Å². The lowest BCUT2D eigenvalue weighted by molar-refractivity contribution is -0.138. The summed E-state index contributed by atoms with van der Waals surface area (Å²) in [4.78, 5) is 0. The van der Waals surface area contributed by atoms with Gasteiger partial charge in [-0.1, -0.05) is 0 Å². The van der Waals surface area contributed by atoms with E-state index in [-0.39, 0.29) is 6.26 Å². The van der Waals surface area contributed by atoms with Crippen LogP contribution in [0.2, 0.25) is 0 Å². The van der Waals surface area contributed by atoms with Gasteiger partial charge in [0.2, 0.25) is 0 Å². The topological polar surface area (TPSA) is 162 Å². The van der Waals surface area contributed by atoms with Crippen molar-refractivity contribution in [1.29, 1.82) is 0 Å². The second kappa shape index (κ2) is 6.63. The maximum absolute atomic E-state index is 9.25. The summed E-state index contributed by atoms with van der Waals surface area (Å²) in [5.41, 5.74) is 0. The van der Waals surface area contributed by atoms with Crippen molar-refractivity contribution in [1.82, 2.24) is 0 Å². The fourth-order valence-electron chi connectivity index (χ4n) is 0.976. The first kappa shape index (κ1) is 15.1. The Kier molecular flexibility index (Phi) is 6.26. The zero-order chi connectivity index (χ0) is 12.9. The molecule has 0 amide bonds. The van der Waals surface area contributed by atoms with Gasteiger partial charge in [0, 0.05) is 0 Å². The Labute approximate surface area is 91.0 Å². The molecule has 0 aliphatic carbocycles. The first-order chi connectivity index (χ1) is 7.36. The third-order valence-electron chi connectivity index (χ3n) is 2.04. The summed E-state index contributed by atoms with van der Waals surface area (Å²) in [7, 11) is 0. The highest BCUT2D eigenvalue weighted by atomic mass is 16.4. The van der Waals surface area contributed by atoms with E-state index in [4.69, 9.17) is 30.6 Å². The summed E-state index contributed by atoms with van der Waals surface area (Å²) in [6, 6.07) is 0. The standard InChI is InChI=1S/C8H16O8/c9-1-3(11)5(13)7(15)8(16)6(14)4(12)2-10/h1,4-16H,2H2/t4-,5-,6+,7+,8+/m0/s1. The van der Waals surface area contributed by atoms with Crippen LogP contribution in [0.4, 0.5) is 0 Å². The van der Waals surface area contributed by atoms with Crippen LogP contribution in [0.15, 0.2) is 12.0 Å². The molecule has 8 nitrogen and oxygen atoms in total. The molecule has 0 aromatic heterocycles. The highest BCUT2D eigenvalue weighted by Crippen LogP contribution is 2.12. The van der Waals surface area contributed by atoms with E-state index in [1.165, 1.54) is 0 Å². The molecule has 0 radical (unpaired) electrons. The fraction of sp³-hybridized carbons (Fsp3) is 0.750. The predicted octanol–water partition coefficient (Wildman–Crippen LogP) is -3.26. The molecule has 0 bridgehead atoms. The maximum Gasteiger partial charge on any atom is 0.158 e. The van der Waals surface area contributed by atoms with Crippen molar-refractivity contribution in [2.45, 2.75) is 30.5 Å². The van der Waals surface area contributed by atoms with Crippen molar-refractivity contribution in [3.05, 3.63) is 12.0 Å². The Balaban J connectivity index is 4.54. The van der Waals surface area contributed by atoms with Gasteiger partial charge in [0.05, 0.1) is 6.61 Å². The monoisotopic (exact) mass is 240 g/mol. The smallest absolute Gasteiger partial charge is 0.158 e. The van der Waals surface area contributed by atoms with Gasteiger partial charge in [-0.2, -0.15) is 0 Å². The molecule has 0 aliphatic rings. The lowest BCUT2D eigenvalue weighted by Crippen LogP contribution is -2.50. The van der Waals surface area contributed by atoms with Crippen LogP contribution in [-0.4, -0.2) is 78.0 Å². The number of hydrogen-bond donors (Lipinski definition) is 8. The Morgan fingerprint density at radius 2 is 1.44 bits per heavy atom. The van der Waals surface area contributed by atoms with Crippen LogP contribution in [0.3, 0.4) is 0 Å². The van der Waals surface area contributed by atoms with E-state index in [0.717, 1.165) is 0 Å². The normalized spacial score (nSPS) is 22.2. The van der Waals surface area contributed by atoms with Gasteiger partial charge in [-0.25, -0.2) is 0 Å². The summed E-state index contributed by atoms with van der Waals surface area (Å²) in [6.45, 7) is -0.858. The third-order valence-corrected chi connectivity index (χ3v) is 2.04. The zero-order valence-electron chi connectivity index (χ0n) is 8.25. The van der Waals surface area contributed by atoms with E-state index in [1.807, 2.05) is 0 Å². The molecule has 0 rings (SSSR count). The van der Waals surface area contributed by atoms with Gasteiger partial charge >= 0.3 is 0 Å². The Morgan fingerprint density at radius 1 is 0.938 bits per heavy atom. The molecule has 0 fully saturated rings. The lowest BCUT2D eigenvalue weighted by Gasteiger charge is -2.27. The van der Waals surface area contributed by atoms with Crippen molar-refractivity contribution < 1.29 is 40.9 Å². The van der Waals surface area contributed by atoms with E-state index in [9.17, 15) is 10.2 Å². The molecular formula is C8H16O8. The summed E-state index contributed by atoms with van der Waals surface area (Å²) in [5, 5.41) is 71.3. The molecular weight excluding hydrogens is 224 g/mol. The summed E-state index contributed by atoms with van der Waals surface area (Å²) in [6.07, 6.45) is -9.60. The van der Waals surface area contributed by atoms with Gasteiger partial charge in [-0.3, -0.25) is 0 Å². The van der Waals surface area contributed by atoms with Crippen molar-refractivity contribution in [2.24, 2.45) is 0 Å². The van der Waals surface area contributed by atoms with Gasteiger partial charge in [0.1, 0.15) is 36.8 Å². The second-order valence-electron chi connectivity index (χ2n) is 3.22. The zero-order valence-corrected chi connectivity index (χ0v) is 8.25. The maximum atomic E-state index is 9.25. The first-order valence-electron chi connectivity index (χ1n) is 4.41. The molecule has 8 N–H and O–H groups in total. The average Bonchev–Trinajstić information content (AvgIpc) is 2.32. The molecule has 0 saturated heterocycles. The first-order valence-corrected chi connectivity index (χ1v) is 4.41. The predicted molar refractivity (Wildman–Crippen MR) is 50.5 cm³/mol. The molecule has 0 saturated carbocycles. The molecule has 0 unspecified atom stereocenters. The van der Waals surface area contributed by atoms with Crippen LogP contribution in [0.25, 0.3) is 0 Å². The summed E-state index contributed by atoms with van der Waals surface area (Å²) >= 11 is 0. The van der Waals surface area contributed by atoms with E-state index >= 15 is 0 Å². The Hall–Kier alpha value is -0.900. The molecule has 0 spiro atoms. The summed E-state index contributed by atoms with van der Waals surface area (Å²) < 4.78 is 0. The van der Waals surface area contributed by atoms with Crippen LogP contribution in [0.1, 0.15) is 0 Å². The molecule has 0 aliphatic heterocycles. The molecule has 5 atom stereocenters. The van der Waals surface area contributed by atoms with Crippen LogP contribution >= 0.6 is 0 Å². The largest absolute Gasteiger partial charge is 0.512 e. The molecule has 96 valence electrons. The Morgan fingerprint density at radius 3 is 1.81 bits per heavy atom. The highest BCUT2D eigenvalue weighted by molar-refractivity contribution is 4.99. The second-order valence-corrected chi connectivity index (χ2v) is 3.22. The van der Waals surface area contributed by atoms with Gasteiger partial charge in [0.15, 0.2) is 5.76 Å². The summed E-state index contributed by atoms with van der Waals surface area (Å²) in [5.74, 6) is -1.02. The van der Waals surface area contributed by atoms with E-state index in [0.29, 0.717) is 0 Å². The minimum Gasteiger partial charge on any atom is -0.512 e. The van der Waals surface area contributed by atoms with E-state index < -0.39 is 42.9 Å². The minimum absolute atomic E-state index is 0.107. The minimum atomic E-state index is -2.04. The number of rotatable bonds is 6. The van der Waals surface area contributed by atoms with E-state index in [1.54, 1.807) is 0 Å². The van der Waals surface area contributed by atoms with Crippen LogP contribution in [-0.2, 0) is 0 Å². The van der Waals surface area contributed by atoms with Gasteiger partial charge in [-0.05, 0) is 0 Å². The SMILES string of the molecule is OC=C(O)[C@H](O)[C@@H](O)[C@H](O)[C@H](O)[C@@H](O)CO.